The lowest BCUT2D eigenvalue weighted by molar-refractivity contribution is 0.591. The van der Waals surface area contributed by atoms with E-state index in [0.29, 0.717) is 0 Å². The minimum absolute atomic E-state index is 0.0591. The summed E-state index contributed by atoms with van der Waals surface area (Å²) in [5.41, 5.74) is 20.1. The van der Waals surface area contributed by atoms with Crippen LogP contribution < -0.4 is 9.80 Å². The predicted molar refractivity (Wildman–Crippen MR) is 337 cm³/mol. The summed E-state index contributed by atoms with van der Waals surface area (Å²) >= 11 is 0. The molecule has 5 heterocycles. The second-order valence-electron chi connectivity index (χ2n) is 23.7. The van der Waals surface area contributed by atoms with Crippen molar-refractivity contribution in [1.29, 1.82) is 0 Å². The molecule has 16 rings (SSSR count). The second-order valence-corrected chi connectivity index (χ2v) is 23.7. The average Bonchev–Trinajstić information content (AvgIpc) is 2.96. The average molecular weight is 1020 g/mol. The molecule has 0 unspecified atom stereocenters. The molecule has 79 heavy (non-hydrogen) atoms. The minimum Gasteiger partial charge on any atom is -0.310 e. The van der Waals surface area contributed by atoms with Crippen molar-refractivity contribution in [2.45, 2.75) is 52.4 Å². The van der Waals surface area contributed by atoms with E-state index in [1.54, 1.807) is 0 Å². The van der Waals surface area contributed by atoms with Gasteiger partial charge in [-0.3, -0.25) is 0 Å². The van der Waals surface area contributed by atoms with Gasteiger partial charge in [-0.05, 0) is 119 Å². The fraction of sp³-hybridized carbons (Fsp3) is 0.108. The number of rotatable bonds is 7. The summed E-state index contributed by atoms with van der Waals surface area (Å²) < 4.78 is 7.87. The maximum atomic E-state index is 2.63. The first kappa shape index (κ1) is 45.6. The van der Waals surface area contributed by atoms with Crippen LogP contribution in [0.2, 0.25) is 0 Å². The van der Waals surface area contributed by atoms with E-state index in [1.807, 2.05) is 0 Å². The Labute approximate surface area is 458 Å². The Morgan fingerprint density at radius 2 is 0.582 bits per heavy atom. The van der Waals surface area contributed by atoms with E-state index in [-0.39, 0.29) is 10.8 Å². The molecule has 5 nitrogen and oxygen atoms in total. The van der Waals surface area contributed by atoms with Crippen LogP contribution in [0.5, 0.6) is 0 Å². The standard InChI is InChI=1S/C74H57N5/c1-73(2,3)46-32-40-61-59(44-46)65-63(75(48-22-12-7-13-23-48)49-24-14-8-15-25-49)42-38-53-55-34-36-57-58-37-35-56-54-39-43-64(76(50-26-16-9-17-27-50)51-28-18-10-19-29-51)66-60-45-47(74(4,5)6)33-41-62(60)79(68(54)66)72(56)70(58)77(52-30-20-11-21-31-52)69(57)71(55)78(61)67(53)65/h7-45H,1-6H3. The van der Waals surface area contributed by atoms with Gasteiger partial charge in [-0.1, -0.05) is 181 Å². The number of nitrogens with zero attached hydrogens (tertiary/aromatic N) is 5. The van der Waals surface area contributed by atoms with Gasteiger partial charge in [0, 0.05) is 82.3 Å². The third kappa shape index (κ3) is 6.44. The number of anilines is 6. The number of para-hydroxylation sites is 5. The fourth-order valence-electron chi connectivity index (χ4n) is 13.5. The summed E-state index contributed by atoms with van der Waals surface area (Å²) in [5, 5.41) is 12.4. The molecule has 0 amide bonds. The number of aromatic nitrogens is 3. The first-order valence-electron chi connectivity index (χ1n) is 27.8. The van der Waals surface area contributed by atoms with Crippen LogP contribution in [-0.2, 0) is 10.8 Å². The SMILES string of the molecule is CC(C)(C)c1ccc2c(c1)c1c(N(c3ccccc3)c3ccccc3)ccc3c4ccc5c6ccc7c8ccc(N(c9ccccc9)c9ccccc9)c9c%10cc(C(C)(C)C)ccc%10n(c89)c7c6n(-c6ccccc6)c5c4n2c31. The number of hydrogen-bond donors (Lipinski definition) is 0. The molecule has 0 bridgehead atoms. The van der Waals surface area contributed by atoms with Gasteiger partial charge in [-0.15, -0.1) is 0 Å². The Kier molecular flexibility index (Phi) is 9.51. The van der Waals surface area contributed by atoms with Gasteiger partial charge in [0.05, 0.1) is 55.5 Å². The van der Waals surface area contributed by atoms with Crippen LogP contribution in [-0.4, -0.2) is 13.4 Å². The zero-order valence-corrected chi connectivity index (χ0v) is 45.3. The lowest BCUT2D eigenvalue weighted by Gasteiger charge is -2.26. The van der Waals surface area contributed by atoms with Crippen molar-refractivity contribution in [3.63, 3.8) is 0 Å². The molecule has 0 N–H and O–H groups in total. The summed E-state index contributed by atoms with van der Waals surface area (Å²) in [6.45, 7) is 14.0. The number of fused-ring (bicyclic) bond motifs is 17. The van der Waals surface area contributed by atoms with Crippen LogP contribution in [0.1, 0.15) is 52.7 Å². The smallest absolute Gasteiger partial charge is 0.0789 e. The third-order valence-corrected chi connectivity index (χ3v) is 17.1. The summed E-state index contributed by atoms with van der Waals surface area (Å²) in [6.07, 6.45) is 0. The van der Waals surface area contributed by atoms with E-state index in [9.17, 15) is 0 Å². The van der Waals surface area contributed by atoms with E-state index in [0.717, 1.165) is 39.8 Å². The van der Waals surface area contributed by atoms with Crippen molar-refractivity contribution < 1.29 is 0 Å². The molecule has 5 heteroatoms. The highest BCUT2D eigenvalue weighted by Gasteiger charge is 2.31. The number of benzene rings is 11. The van der Waals surface area contributed by atoms with Gasteiger partial charge in [-0.2, -0.15) is 0 Å². The van der Waals surface area contributed by atoms with Crippen molar-refractivity contribution in [1.82, 2.24) is 13.4 Å². The first-order chi connectivity index (χ1) is 38.5. The molecule has 0 saturated carbocycles. The Hall–Kier alpha value is -9.58. The van der Waals surface area contributed by atoms with Gasteiger partial charge in [0.1, 0.15) is 0 Å². The van der Waals surface area contributed by atoms with Crippen molar-refractivity contribution in [2.75, 3.05) is 9.80 Å². The van der Waals surface area contributed by atoms with Gasteiger partial charge < -0.3 is 23.2 Å². The monoisotopic (exact) mass is 1020 g/mol. The Balaban J connectivity index is 1.09. The summed E-state index contributed by atoms with van der Waals surface area (Å²) in [4.78, 5) is 4.90. The number of hydrogen-bond acceptors (Lipinski definition) is 2. The fourth-order valence-corrected chi connectivity index (χ4v) is 13.5. The van der Waals surface area contributed by atoms with Gasteiger partial charge in [0.2, 0.25) is 0 Å². The van der Waals surface area contributed by atoms with Crippen LogP contribution >= 0.6 is 0 Å². The van der Waals surface area contributed by atoms with E-state index >= 15 is 0 Å². The lowest BCUT2D eigenvalue weighted by atomic mass is 9.86. The molecular weight excluding hydrogens is 959 g/mol. The highest BCUT2D eigenvalue weighted by molar-refractivity contribution is 6.35. The van der Waals surface area contributed by atoms with Crippen molar-refractivity contribution in [3.05, 3.63) is 248 Å². The normalized spacial score (nSPS) is 12.7. The molecule has 378 valence electrons. The summed E-state index contributed by atoms with van der Waals surface area (Å²) in [7, 11) is 0. The van der Waals surface area contributed by atoms with E-state index < -0.39 is 0 Å². The zero-order valence-electron chi connectivity index (χ0n) is 45.3. The maximum absolute atomic E-state index is 2.63. The van der Waals surface area contributed by atoms with Crippen LogP contribution in [0.3, 0.4) is 0 Å². The molecule has 16 aromatic rings. The van der Waals surface area contributed by atoms with Gasteiger partial charge in [-0.25, -0.2) is 0 Å². The maximum Gasteiger partial charge on any atom is 0.0789 e. The molecule has 0 radical (unpaired) electrons. The van der Waals surface area contributed by atoms with E-state index in [4.69, 9.17) is 0 Å². The minimum atomic E-state index is -0.0591. The van der Waals surface area contributed by atoms with Gasteiger partial charge >= 0.3 is 0 Å². The molecule has 0 fully saturated rings. The topological polar surface area (TPSA) is 20.2 Å². The second kappa shape index (κ2) is 16.5. The largest absolute Gasteiger partial charge is 0.310 e. The molecule has 0 atom stereocenters. The van der Waals surface area contributed by atoms with Crippen molar-refractivity contribution >= 4 is 132 Å². The van der Waals surface area contributed by atoms with E-state index in [2.05, 4.69) is 301 Å². The van der Waals surface area contributed by atoms with Crippen LogP contribution in [0.4, 0.5) is 34.1 Å². The molecule has 5 aromatic heterocycles. The zero-order chi connectivity index (χ0) is 53.1. The third-order valence-electron chi connectivity index (χ3n) is 17.1. The van der Waals surface area contributed by atoms with Gasteiger partial charge in [0.15, 0.2) is 0 Å². The Morgan fingerprint density at radius 1 is 0.278 bits per heavy atom. The molecule has 0 aliphatic heterocycles. The Bertz CT molecular complexity index is 4680. The van der Waals surface area contributed by atoms with Crippen molar-refractivity contribution in [2.24, 2.45) is 0 Å². The molecule has 0 spiro atoms. The molecular formula is C74H57N5. The van der Waals surface area contributed by atoms with Crippen LogP contribution in [0.15, 0.2) is 237 Å². The van der Waals surface area contributed by atoms with Crippen LogP contribution in [0, 0.1) is 0 Å². The van der Waals surface area contributed by atoms with Crippen molar-refractivity contribution in [3.8, 4) is 5.69 Å². The highest BCUT2D eigenvalue weighted by atomic mass is 15.2. The molecule has 11 aromatic carbocycles. The first-order valence-corrected chi connectivity index (χ1v) is 27.8. The van der Waals surface area contributed by atoms with Crippen LogP contribution in [0.25, 0.3) is 104 Å². The molecule has 0 aliphatic rings. The highest BCUT2D eigenvalue weighted by Crippen LogP contribution is 2.53. The van der Waals surface area contributed by atoms with E-state index in [1.165, 1.54) is 109 Å². The van der Waals surface area contributed by atoms with Gasteiger partial charge in [0.25, 0.3) is 0 Å². The summed E-state index contributed by atoms with van der Waals surface area (Å²) in [6, 6.07) is 88.2. The Morgan fingerprint density at radius 3 is 0.924 bits per heavy atom. The lowest BCUT2D eigenvalue weighted by Crippen LogP contribution is -2.11. The predicted octanol–water partition coefficient (Wildman–Crippen LogP) is 20.6. The quantitative estimate of drug-likeness (QED) is 0.159. The molecule has 0 aliphatic carbocycles. The summed E-state index contributed by atoms with van der Waals surface area (Å²) in [5.74, 6) is 0. The molecule has 0 saturated heterocycles.